The van der Waals surface area contributed by atoms with E-state index < -0.39 is 21.9 Å². The van der Waals surface area contributed by atoms with E-state index in [0.717, 1.165) is 12.1 Å². The van der Waals surface area contributed by atoms with Crippen molar-refractivity contribution in [2.24, 2.45) is 0 Å². The number of nitriles is 1. The average molecular weight is 334 g/mol. The van der Waals surface area contributed by atoms with E-state index in [2.05, 4.69) is 9.97 Å². The highest BCUT2D eigenvalue weighted by Crippen LogP contribution is 2.28. The molecule has 8 nitrogen and oxygen atoms in total. The molecule has 2 aromatic carbocycles. The Morgan fingerprint density at radius 3 is 2.80 bits per heavy atom. The van der Waals surface area contributed by atoms with Gasteiger partial charge in [-0.15, -0.1) is 0 Å². The maximum absolute atomic E-state index is 12.1. The predicted molar refractivity (Wildman–Crippen MR) is 90.6 cm³/mol. The number of benzene rings is 2. The number of phenols is 1. The monoisotopic (exact) mass is 334 g/mol. The van der Waals surface area contributed by atoms with Gasteiger partial charge in [0.05, 0.1) is 21.4 Å². The van der Waals surface area contributed by atoms with Gasteiger partial charge >= 0.3 is 5.69 Å². The Morgan fingerprint density at radius 2 is 2.08 bits per heavy atom. The number of aromatic amines is 1. The molecule has 0 saturated heterocycles. The van der Waals surface area contributed by atoms with E-state index in [-0.39, 0.29) is 11.4 Å². The maximum atomic E-state index is 12.1. The van der Waals surface area contributed by atoms with Crippen molar-refractivity contribution in [2.75, 3.05) is 0 Å². The van der Waals surface area contributed by atoms with Crippen molar-refractivity contribution in [2.45, 2.75) is 0 Å². The highest BCUT2D eigenvalue weighted by molar-refractivity contribution is 5.89. The average Bonchev–Trinajstić information content (AvgIpc) is 2.60. The van der Waals surface area contributed by atoms with Gasteiger partial charge in [-0.25, -0.2) is 4.98 Å². The smallest absolute Gasteiger partial charge is 0.311 e. The first-order valence-electron chi connectivity index (χ1n) is 7.08. The van der Waals surface area contributed by atoms with E-state index in [0.29, 0.717) is 16.5 Å². The van der Waals surface area contributed by atoms with Gasteiger partial charge in [-0.05, 0) is 29.8 Å². The highest BCUT2D eigenvalue weighted by atomic mass is 16.6. The third kappa shape index (κ3) is 3.07. The second-order valence-corrected chi connectivity index (χ2v) is 5.11. The number of nitrogens with zero attached hydrogens (tertiary/aromatic N) is 3. The van der Waals surface area contributed by atoms with Gasteiger partial charge < -0.3 is 10.1 Å². The normalized spacial score (nSPS) is 11.2. The fourth-order valence-electron chi connectivity index (χ4n) is 2.31. The summed E-state index contributed by atoms with van der Waals surface area (Å²) in [4.78, 5) is 29.0. The summed E-state index contributed by atoms with van der Waals surface area (Å²) in [6.45, 7) is 0. The number of para-hydroxylation sites is 1. The third-order valence-electron chi connectivity index (χ3n) is 3.50. The van der Waals surface area contributed by atoms with Gasteiger partial charge in [0.15, 0.2) is 11.6 Å². The summed E-state index contributed by atoms with van der Waals surface area (Å²) < 4.78 is 0. The summed E-state index contributed by atoms with van der Waals surface area (Å²) in [5.41, 5.74) is -0.0942. The number of hydrogen-bond donors (Lipinski definition) is 2. The lowest BCUT2D eigenvalue weighted by Gasteiger charge is -2.02. The Morgan fingerprint density at radius 1 is 1.32 bits per heavy atom. The van der Waals surface area contributed by atoms with Crippen LogP contribution in [0.15, 0.2) is 47.3 Å². The molecule has 122 valence electrons. The number of phenolic OH excluding ortho intramolecular Hbond substituents is 1. The summed E-state index contributed by atoms with van der Waals surface area (Å²) in [7, 11) is 0. The number of allylic oxidation sites excluding steroid dienone is 1. The minimum Gasteiger partial charge on any atom is -0.502 e. The maximum Gasteiger partial charge on any atom is 0.311 e. The van der Waals surface area contributed by atoms with Crippen molar-refractivity contribution in [3.63, 3.8) is 0 Å². The molecule has 3 aromatic rings. The summed E-state index contributed by atoms with van der Waals surface area (Å²) >= 11 is 0. The molecule has 0 saturated carbocycles. The summed E-state index contributed by atoms with van der Waals surface area (Å²) in [6, 6.07) is 12.3. The van der Waals surface area contributed by atoms with E-state index in [1.54, 1.807) is 24.3 Å². The number of H-pyrrole nitrogens is 1. The van der Waals surface area contributed by atoms with E-state index in [4.69, 9.17) is 0 Å². The Hall–Kier alpha value is -3.99. The molecule has 25 heavy (non-hydrogen) atoms. The van der Waals surface area contributed by atoms with Crippen molar-refractivity contribution in [1.29, 1.82) is 5.26 Å². The zero-order valence-corrected chi connectivity index (χ0v) is 12.6. The van der Waals surface area contributed by atoms with Crippen LogP contribution in [0.4, 0.5) is 5.69 Å². The Balaban J connectivity index is 2.14. The number of nitrogens with one attached hydrogen (secondary N) is 1. The quantitative estimate of drug-likeness (QED) is 0.429. The summed E-state index contributed by atoms with van der Waals surface area (Å²) in [6.07, 6.45) is 1.35. The Kier molecular flexibility index (Phi) is 3.97. The van der Waals surface area contributed by atoms with Gasteiger partial charge in [-0.2, -0.15) is 5.26 Å². The number of hydrogen-bond acceptors (Lipinski definition) is 6. The fourth-order valence-corrected chi connectivity index (χ4v) is 2.31. The minimum absolute atomic E-state index is 0.0304. The lowest BCUT2D eigenvalue weighted by molar-refractivity contribution is -0.385. The van der Waals surface area contributed by atoms with E-state index in [1.165, 1.54) is 12.1 Å². The minimum atomic E-state index is -0.727. The molecule has 0 aliphatic rings. The van der Waals surface area contributed by atoms with Gasteiger partial charge in [-0.3, -0.25) is 14.9 Å². The van der Waals surface area contributed by atoms with Gasteiger partial charge in [0.25, 0.3) is 5.56 Å². The van der Waals surface area contributed by atoms with Crippen molar-refractivity contribution >= 4 is 28.2 Å². The fraction of sp³-hybridized carbons (Fsp3) is 0. The standard InChI is InChI=1S/C17H10N4O4/c18-9-11(7-10-5-6-15(22)14(8-10)21(24)25)16-19-13-4-2-1-3-12(13)17(23)20-16/h1-8,22H,(H,19,20,23). The van der Waals surface area contributed by atoms with Crippen LogP contribution >= 0.6 is 0 Å². The third-order valence-corrected chi connectivity index (χ3v) is 3.50. The molecule has 3 rings (SSSR count). The van der Waals surface area contributed by atoms with Crippen LogP contribution in [0.25, 0.3) is 22.6 Å². The molecule has 1 aromatic heterocycles. The Labute approximate surface area is 140 Å². The second kappa shape index (κ2) is 6.25. The molecule has 0 fully saturated rings. The van der Waals surface area contributed by atoms with Crippen LogP contribution in [-0.2, 0) is 0 Å². The molecule has 8 heteroatoms. The predicted octanol–water partition coefficient (Wildman–Crippen LogP) is 2.60. The lowest BCUT2D eigenvalue weighted by atomic mass is 10.1. The summed E-state index contributed by atoms with van der Waals surface area (Å²) in [5.74, 6) is -0.417. The number of nitro benzene ring substituents is 1. The first-order chi connectivity index (χ1) is 12.0. The van der Waals surface area contributed by atoms with Crippen LogP contribution in [0.3, 0.4) is 0 Å². The molecular weight excluding hydrogens is 324 g/mol. The molecule has 0 atom stereocenters. The van der Waals surface area contributed by atoms with Crippen molar-refractivity contribution in [3.05, 3.63) is 74.3 Å². The molecule has 0 unspecified atom stereocenters. The number of rotatable bonds is 3. The molecule has 0 bridgehead atoms. The molecular formula is C17H10N4O4. The van der Waals surface area contributed by atoms with Gasteiger partial charge in [-0.1, -0.05) is 18.2 Å². The van der Waals surface area contributed by atoms with Crippen LogP contribution in [0, 0.1) is 21.4 Å². The first kappa shape index (κ1) is 15.9. The van der Waals surface area contributed by atoms with Gasteiger partial charge in [0.2, 0.25) is 0 Å². The molecule has 0 radical (unpaired) electrons. The lowest BCUT2D eigenvalue weighted by Crippen LogP contribution is -2.11. The Bertz CT molecular complexity index is 1130. The molecule has 0 amide bonds. The van der Waals surface area contributed by atoms with Crippen molar-refractivity contribution in [1.82, 2.24) is 9.97 Å². The van der Waals surface area contributed by atoms with E-state index in [9.17, 15) is 25.3 Å². The van der Waals surface area contributed by atoms with Crippen LogP contribution in [0.1, 0.15) is 11.4 Å². The topological polar surface area (TPSA) is 133 Å². The van der Waals surface area contributed by atoms with Gasteiger partial charge in [0.1, 0.15) is 6.07 Å². The first-order valence-corrected chi connectivity index (χ1v) is 7.08. The largest absolute Gasteiger partial charge is 0.502 e. The highest BCUT2D eigenvalue weighted by Gasteiger charge is 2.14. The van der Waals surface area contributed by atoms with E-state index >= 15 is 0 Å². The molecule has 2 N–H and O–H groups in total. The van der Waals surface area contributed by atoms with Gasteiger partial charge in [0, 0.05) is 6.07 Å². The molecule has 0 aliphatic heterocycles. The van der Waals surface area contributed by atoms with Crippen molar-refractivity contribution < 1.29 is 10.0 Å². The molecule has 0 spiro atoms. The van der Waals surface area contributed by atoms with Crippen LogP contribution < -0.4 is 5.56 Å². The van der Waals surface area contributed by atoms with Crippen molar-refractivity contribution in [3.8, 4) is 11.8 Å². The number of aromatic hydroxyl groups is 1. The number of aromatic nitrogens is 2. The SMILES string of the molecule is N#CC(=Cc1ccc(O)c([N+](=O)[O-])c1)c1nc2ccccc2c(=O)[nH]1. The zero-order valence-electron chi connectivity index (χ0n) is 12.6. The number of nitro groups is 1. The van der Waals surface area contributed by atoms with Crippen LogP contribution in [-0.4, -0.2) is 20.0 Å². The van der Waals surface area contributed by atoms with E-state index in [1.807, 2.05) is 6.07 Å². The van der Waals surface area contributed by atoms with Crippen LogP contribution in [0.2, 0.25) is 0 Å². The second-order valence-electron chi connectivity index (χ2n) is 5.11. The molecule has 1 heterocycles. The number of fused-ring (bicyclic) bond motifs is 1. The summed E-state index contributed by atoms with van der Waals surface area (Å²) in [5, 5.41) is 30.1. The molecule has 0 aliphatic carbocycles. The van der Waals surface area contributed by atoms with Crippen LogP contribution in [0.5, 0.6) is 5.75 Å². The zero-order chi connectivity index (χ0) is 18.0.